The highest BCUT2D eigenvalue weighted by molar-refractivity contribution is 5.89. The van der Waals surface area contributed by atoms with Crippen molar-refractivity contribution in [3.05, 3.63) is 53.7 Å². The number of nitrogens with one attached hydrogen (secondary N) is 2. The first-order valence-corrected chi connectivity index (χ1v) is 7.48. The lowest BCUT2D eigenvalue weighted by Gasteiger charge is -2.08. The second kappa shape index (κ2) is 6.54. The van der Waals surface area contributed by atoms with Crippen LogP contribution in [0.4, 0.5) is 0 Å². The van der Waals surface area contributed by atoms with E-state index >= 15 is 0 Å². The molecule has 3 rings (SSSR count). The quantitative estimate of drug-likeness (QED) is 0.579. The number of carbonyl (C=O) groups is 1. The molecule has 0 atom stereocenters. The van der Waals surface area contributed by atoms with Crippen LogP contribution in [-0.4, -0.2) is 28.2 Å². The Morgan fingerprint density at radius 3 is 2.83 bits per heavy atom. The molecule has 24 heavy (non-hydrogen) atoms. The zero-order chi connectivity index (χ0) is 17.1. The van der Waals surface area contributed by atoms with Gasteiger partial charge in [-0.15, -0.1) is 0 Å². The summed E-state index contributed by atoms with van der Waals surface area (Å²) in [6.07, 6.45) is 1.98. The average Bonchev–Trinajstić information content (AvgIpc) is 2.96. The summed E-state index contributed by atoms with van der Waals surface area (Å²) in [6, 6.07) is 9.94. The van der Waals surface area contributed by atoms with Crippen molar-refractivity contribution < 1.29 is 19.7 Å². The maximum absolute atomic E-state index is 12.2. The normalized spacial score (nSPS) is 10.7. The smallest absolute Gasteiger partial charge is 0.224 e. The summed E-state index contributed by atoms with van der Waals surface area (Å²) in [5, 5.41) is 22.8. The van der Waals surface area contributed by atoms with E-state index in [-0.39, 0.29) is 23.8 Å². The van der Waals surface area contributed by atoms with Crippen molar-refractivity contribution in [1.82, 2.24) is 10.3 Å². The molecule has 0 spiro atoms. The van der Waals surface area contributed by atoms with E-state index in [4.69, 9.17) is 4.74 Å². The third kappa shape index (κ3) is 3.27. The van der Waals surface area contributed by atoms with E-state index in [1.165, 1.54) is 13.2 Å². The summed E-state index contributed by atoms with van der Waals surface area (Å²) in [7, 11) is 1.48. The lowest BCUT2D eigenvalue weighted by atomic mass is 10.1. The number of benzene rings is 2. The SMILES string of the molecule is COc1cc(CNC(=O)Cc2c[nH]c3ccc(O)cc23)ccc1O. The van der Waals surface area contributed by atoms with Gasteiger partial charge < -0.3 is 25.3 Å². The molecule has 6 heteroatoms. The Bertz CT molecular complexity index is 886. The van der Waals surface area contributed by atoms with Gasteiger partial charge in [0.25, 0.3) is 0 Å². The van der Waals surface area contributed by atoms with Gasteiger partial charge in [0.15, 0.2) is 11.5 Å². The number of rotatable bonds is 5. The van der Waals surface area contributed by atoms with Crippen molar-refractivity contribution in [2.45, 2.75) is 13.0 Å². The van der Waals surface area contributed by atoms with Gasteiger partial charge in [0, 0.05) is 23.6 Å². The minimum atomic E-state index is -0.133. The largest absolute Gasteiger partial charge is 0.508 e. The molecule has 0 aliphatic carbocycles. The summed E-state index contributed by atoms with van der Waals surface area (Å²) in [5.41, 5.74) is 2.52. The Morgan fingerprint density at radius 1 is 1.21 bits per heavy atom. The number of carbonyl (C=O) groups excluding carboxylic acids is 1. The summed E-state index contributed by atoms with van der Waals surface area (Å²) in [4.78, 5) is 15.2. The number of ether oxygens (including phenoxy) is 1. The molecule has 0 unspecified atom stereocenters. The van der Waals surface area contributed by atoms with E-state index in [0.29, 0.717) is 12.3 Å². The highest BCUT2D eigenvalue weighted by Crippen LogP contribution is 2.26. The Morgan fingerprint density at radius 2 is 2.04 bits per heavy atom. The molecule has 1 amide bonds. The van der Waals surface area contributed by atoms with Gasteiger partial charge in [-0.25, -0.2) is 0 Å². The van der Waals surface area contributed by atoms with Crippen LogP contribution in [0.5, 0.6) is 17.2 Å². The molecule has 1 heterocycles. The van der Waals surface area contributed by atoms with E-state index in [9.17, 15) is 15.0 Å². The Kier molecular flexibility index (Phi) is 4.29. The number of fused-ring (bicyclic) bond motifs is 1. The van der Waals surface area contributed by atoms with Gasteiger partial charge in [0.2, 0.25) is 5.91 Å². The number of phenols is 2. The fraction of sp³-hybridized carbons (Fsp3) is 0.167. The molecule has 6 nitrogen and oxygen atoms in total. The topological polar surface area (TPSA) is 94.6 Å². The molecule has 0 aliphatic rings. The molecule has 1 aromatic heterocycles. The molecule has 124 valence electrons. The summed E-state index contributed by atoms with van der Waals surface area (Å²) in [6.45, 7) is 0.336. The third-order valence-electron chi connectivity index (χ3n) is 3.84. The van der Waals surface area contributed by atoms with Crippen LogP contribution in [-0.2, 0) is 17.8 Å². The first kappa shape index (κ1) is 15.7. The van der Waals surface area contributed by atoms with Crippen molar-refractivity contribution in [3.8, 4) is 17.2 Å². The van der Waals surface area contributed by atoms with Crippen LogP contribution in [0, 0.1) is 0 Å². The molecule has 0 radical (unpaired) electrons. The molecule has 0 saturated heterocycles. The van der Waals surface area contributed by atoms with E-state index in [2.05, 4.69) is 10.3 Å². The van der Waals surface area contributed by atoms with Gasteiger partial charge in [0.05, 0.1) is 13.5 Å². The molecule has 4 N–H and O–H groups in total. The zero-order valence-corrected chi connectivity index (χ0v) is 13.2. The minimum absolute atomic E-state index is 0.0613. The maximum Gasteiger partial charge on any atom is 0.224 e. The monoisotopic (exact) mass is 326 g/mol. The first-order valence-electron chi connectivity index (χ1n) is 7.48. The first-order chi connectivity index (χ1) is 11.6. The number of H-pyrrole nitrogens is 1. The van der Waals surface area contributed by atoms with Crippen molar-refractivity contribution >= 4 is 16.8 Å². The highest BCUT2D eigenvalue weighted by Gasteiger charge is 2.10. The number of aromatic amines is 1. The molecule has 0 bridgehead atoms. The van der Waals surface area contributed by atoms with Crippen molar-refractivity contribution in [3.63, 3.8) is 0 Å². The third-order valence-corrected chi connectivity index (χ3v) is 3.84. The maximum atomic E-state index is 12.2. The van der Waals surface area contributed by atoms with Crippen LogP contribution in [0.1, 0.15) is 11.1 Å². The van der Waals surface area contributed by atoms with Crippen LogP contribution in [0.15, 0.2) is 42.6 Å². The van der Waals surface area contributed by atoms with Gasteiger partial charge >= 0.3 is 0 Å². The second-order valence-electron chi connectivity index (χ2n) is 5.50. The fourth-order valence-electron chi connectivity index (χ4n) is 2.58. The summed E-state index contributed by atoms with van der Waals surface area (Å²) < 4.78 is 5.05. The molecular formula is C18H18N2O4. The van der Waals surface area contributed by atoms with Crippen LogP contribution >= 0.6 is 0 Å². The Hall–Kier alpha value is -3.15. The van der Waals surface area contributed by atoms with Crippen LogP contribution in [0.3, 0.4) is 0 Å². The van der Waals surface area contributed by atoms with Crippen molar-refractivity contribution in [2.24, 2.45) is 0 Å². The standard InChI is InChI=1S/C18H18N2O4/c1-24-17-6-11(2-5-16(17)22)9-20-18(23)7-12-10-19-15-4-3-13(21)8-14(12)15/h2-6,8,10,19,21-22H,7,9H2,1H3,(H,20,23). The number of hydrogen-bond donors (Lipinski definition) is 4. The number of aromatic hydroxyl groups is 2. The van der Waals surface area contributed by atoms with E-state index < -0.39 is 0 Å². The number of phenolic OH excluding ortho intramolecular Hbond substituents is 2. The van der Waals surface area contributed by atoms with Gasteiger partial charge in [-0.3, -0.25) is 4.79 Å². The Labute approximate surface area is 138 Å². The van der Waals surface area contributed by atoms with E-state index in [1.54, 1.807) is 36.5 Å². The van der Waals surface area contributed by atoms with Crippen molar-refractivity contribution in [2.75, 3.05) is 7.11 Å². The van der Waals surface area contributed by atoms with Gasteiger partial charge in [0.1, 0.15) is 5.75 Å². The number of amides is 1. The van der Waals surface area contributed by atoms with Crippen molar-refractivity contribution in [1.29, 1.82) is 0 Å². The summed E-state index contributed by atoms with van der Waals surface area (Å²) in [5.74, 6) is 0.464. The number of methoxy groups -OCH3 is 1. The van der Waals surface area contributed by atoms with Crippen LogP contribution in [0.25, 0.3) is 10.9 Å². The summed E-state index contributed by atoms with van der Waals surface area (Å²) >= 11 is 0. The van der Waals surface area contributed by atoms with E-state index in [1.807, 2.05) is 0 Å². The number of hydrogen-bond acceptors (Lipinski definition) is 4. The molecule has 3 aromatic rings. The lowest BCUT2D eigenvalue weighted by molar-refractivity contribution is -0.120. The average molecular weight is 326 g/mol. The molecule has 2 aromatic carbocycles. The Balaban J connectivity index is 1.66. The fourth-order valence-corrected chi connectivity index (χ4v) is 2.58. The predicted molar refractivity (Wildman–Crippen MR) is 90.2 cm³/mol. The zero-order valence-electron chi connectivity index (χ0n) is 13.2. The minimum Gasteiger partial charge on any atom is -0.508 e. The second-order valence-corrected chi connectivity index (χ2v) is 5.50. The van der Waals surface area contributed by atoms with Gasteiger partial charge in [-0.1, -0.05) is 6.07 Å². The van der Waals surface area contributed by atoms with Crippen LogP contribution in [0.2, 0.25) is 0 Å². The molecule has 0 saturated carbocycles. The molecule has 0 fully saturated rings. The van der Waals surface area contributed by atoms with Crippen LogP contribution < -0.4 is 10.1 Å². The molecule has 0 aliphatic heterocycles. The predicted octanol–water partition coefficient (Wildman–Crippen LogP) is 2.45. The lowest BCUT2D eigenvalue weighted by Crippen LogP contribution is -2.24. The van der Waals surface area contributed by atoms with E-state index in [0.717, 1.165) is 22.0 Å². The highest BCUT2D eigenvalue weighted by atomic mass is 16.5. The van der Waals surface area contributed by atoms with Gasteiger partial charge in [-0.2, -0.15) is 0 Å². The van der Waals surface area contributed by atoms with Gasteiger partial charge in [-0.05, 0) is 41.5 Å². The molecular weight excluding hydrogens is 308 g/mol. The number of aromatic nitrogens is 1.